The van der Waals surface area contributed by atoms with E-state index in [1.54, 1.807) is 59.0 Å². The number of carbonyl (C=O) groups excluding carboxylic acids is 6. The van der Waals surface area contributed by atoms with Crippen LogP contribution in [0.3, 0.4) is 0 Å². The third-order valence-electron chi connectivity index (χ3n) is 12.1. The Bertz CT molecular complexity index is 3380. The number of carboxylic acids is 1. The molecule has 9 N–H and O–H groups in total. The van der Waals surface area contributed by atoms with Crippen LogP contribution in [-0.4, -0.2) is 147 Å². The third kappa shape index (κ3) is 12.5. The zero-order chi connectivity index (χ0) is 54.5. The van der Waals surface area contributed by atoms with Crippen molar-refractivity contribution in [2.45, 2.75) is 89.3 Å². The first-order valence-electron chi connectivity index (χ1n) is 23.6. The smallest absolute Gasteiger partial charge is 0.321 e. The van der Waals surface area contributed by atoms with E-state index in [1.165, 1.54) is 39.9 Å². The number of primary amides is 1. The number of carboxylic acid groups (broad SMARTS) is 1. The number of thioether (sulfide) groups is 1. The van der Waals surface area contributed by atoms with Crippen molar-refractivity contribution in [3.05, 3.63) is 83.0 Å². The van der Waals surface area contributed by atoms with Crippen molar-refractivity contribution >= 4 is 97.2 Å². The van der Waals surface area contributed by atoms with Crippen molar-refractivity contribution in [3.63, 3.8) is 0 Å². The fourth-order valence-electron chi connectivity index (χ4n) is 8.27. The van der Waals surface area contributed by atoms with Crippen LogP contribution in [0.1, 0.15) is 75.8 Å². The van der Waals surface area contributed by atoms with Crippen LogP contribution in [0, 0.1) is 13.8 Å². The van der Waals surface area contributed by atoms with E-state index in [4.69, 9.17) is 31.4 Å². The fourth-order valence-corrected chi connectivity index (χ4v) is 9.91. The van der Waals surface area contributed by atoms with Crippen molar-refractivity contribution in [2.24, 2.45) is 16.6 Å². The number of sulfonamides is 1. The quantitative estimate of drug-likeness (QED) is 0.0286. The van der Waals surface area contributed by atoms with Gasteiger partial charge in [-0.3, -0.25) is 58.5 Å². The average molecular weight is 1070 g/mol. The first-order valence-corrected chi connectivity index (χ1v) is 26.2. The third-order valence-corrected chi connectivity index (χ3v) is 14.3. The Morgan fingerprint density at radius 2 is 1.51 bits per heavy atom. The molecule has 0 spiro atoms. The minimum atomic E-state index is -4.10. The summed E-state index contributed by atoms with van der Waals surface area (Å²) in [7, 11) is -2.54. The molecule has 75 heavy (non-hydrogen) atoms. The number of aliphatic carboxylic acids is 1. The van der Waals surface area contributed by atoms with Crippen LogP contribution >= 0.6 is 11.8 Å². The van der Waals surface area contributed by atoms with Gasteiger partial charge in [-0.25, -0.2) is 23.5 Å². The molecular weight excluding hydrogens is 1010 g/mol. The molecule has 0 aliphatic carbocycles. The number of allylic oxidation sites excluding steroid dienone is 2. The molecule has 2 aromatic carbocycles. The van der Waals surface area contributed by atoms with Gasteiger partial charge >= 0.3 is 5.97 Å². The number of fused-ring (bicyclic) bond motifs is 2. The first-order chi connectivity index (χ1) is 35.6. The highest BCUT2D eigenvalue weighted by Crippen LogP contribution is 2.32. The van der Waals surface area contributed by atoms with Crippen molar-refractivity contribution in [1.82, 2.24) is 48.5 Å². The second kappa shape index (κ2) is 23.1. The summed E-state index contributed by atoms with van der Waals surface area (Å²) in [4.78, 5) is 102. The number of primary sulfonamides is 1. The summed E-state index contributed by atoms with van der Waals surface area (Å²) >= 11 is 0.988. The average Bonchev–Trinajstić information content (AvgIpc) is 4.17. The number of nitrogens with one attached hydrogen (secondary N) is 2. The summed E-state index contributed by atoms with van der Waals surface area (Å²) in [6.07, 6.45) is 3.52. The second-order valence-corrected chi connectivity index (χ2v) is 20.3. The van der Waals surface area contributed by atoms with Crippen molar-refractivity contribution in [3.8, 4) is 5.75 Å². The van der Waals surface area contributed by atoms with E-state index in [0.29, 0.717) is 35.5 Å². The molecule has 1 aliphatic heterocycles. The molecule has 28 heteroatoms. The molecule has 2 atom stereocenters. The number of hydrogen-bond donors (Lipinski definition) is 6. The summed E-state index contributed by atoms with van der Waals surface area (Å²) in [6, 6.07) is 9.14. The standard InChI is InChI=1S/C47H57N15O11S2/c1-6-61-34(19-26(3)55-61)42(66)53-46-51-31-23-29(75(50,71)72)11-12-33(31)58(46)15-8-9-16-60-40-32(52-47(60)54-43(67)35-20-27(4)56-62(35)7-2)21-28(41(49)65)22-36(40)73-18-10-14-57(5)38(63)13-17-59-39(64)24-37(44(59)68)74-25-30(48)45(69)70/h8-9,11-12,19-23,30,37H,6-7,10,13-18,24-25,48H2,1-5H3,(H2,49,65)(H,69,70)(H2,50,71,72)(H,51,53,66)(H,52,54,67)/b9-8+. The van der Waals surface area contributed by atoms with Gasteiger partial charge in [-0.2, -0.15) is 10.2 Å². The number of imidazole rings is 2. The second-order valence-electron chi connectivity index (χ2n) is 17.5. The number of likely N-dealkylation sites (tertiary alicyclic amines) is 1. The lowest BCUT2D eigenvalue weighted by Gasteiger charge is -2.20. The van der Waals surface area contributed by atoms with E-state index in [9.17, 15) is 42.0 Å². The molecule has 26 nitrogen and oxygen atoms in total. The number of nitrogens with two attached hydrogens (primary N) is 3. The Hall–Kier alpha value is -7.95. The van der Waals surface area contributed by atoms with Gasteiger partial charge in [-0.05, 0) is 76.6 Å². The molecule has 6 aromatic rings. The van der Waals surface area contributed by atoms with E-state index in [0.717, 1.165) is 16.7 Å². The van der Waals surface area contributed by atoms with E-state index in [1.807, 2.05) is 13.8 Å². The Labute approximate surface area is 433 Å². The number of carbonyl (C=O) groups is 7. The number of benzene rings is 2. The number of ether oxygens (including phenoxy) is 1. The van der Waals surface area contributed by atoms with E-state index in [-0.39, 0.29) is 114 Å². The molecule has 6 amide bonds. The predicted molar refractivity (Wildman–Crippen MR) is 275 cm³/mol. The number of hydrogen-bond acceptors (Lipinski definition) is 16. The first kappa shape index (κ1) is 54.8. The van der Waals surface area contributed by atoms with Gasteiger partial charge in [0.15, 0.2) is 0 Å². The van der Waals surface area contributed by atoms with Gasteiger partial charge in [0, 0.05) is 70.5 Å². The van der Waals surface area contributed by atoms with Crippen LogP contribution in [-0.2, 0) is 55.4 Å². The largest absolute Gasteiger partial charge is 0.491 e. The maximum absolute atomic E-state index is 13.9. The van der Waals surface area contributed by atoms with Crippen LogP contribution in [0.5, 0.6) is 5.75 Å². The summed E-state index contributed by atoms with van der Waals surface area (Å²) in [5.74, 6) is -4.07. The Morgan fingerprint density at radius 1 is 0.907 bits per heavy atom. The minimum absolute atomic E-state index is 0.0150. The van der Waals surface area contributed by atoms with Gasteiger partial charge < -0.3 is 35.3 Å². The van der Waals surface area contributed by atoms with Gasteiger partial charge in [0.2, 0.25) is 45.5 Å². The number of aryl methyl sites for hydroxylation is 4. The lowest BCUT2D eigenvalue weighted by molar-refractivity contribution is -0.140. The summed E-state index contributed by atoms with van der Waals surface area (Å²) in [5.41, 5.74) is 14.5. The lowest BCUT2D eigenvalue weighted by Crippen LogP contribution is -2.37. The van der Waals surface area contributed by atoms with Gasteiger partial charge in [0.1, 0.15) is 28.7 Å². The maximum atomic E-state index is 13.9. The molecule has 0 radical (unpaired) electrons. The zero-order valence-corrected chi connectivity index (χ0v) is 43.3. The molecule has 1 saturated heterocycles. The normalized spacial score (nSPS) is 14.3. The number of amides is 6. The van der Waals surface area contributed by atoms with E-state index >= 15 is 0 Å². The van der Waals surface area contributed by atoms with Crippen molar-refractivity contribution in [2.75, 3.05) is 43.1 Å². The number of aromatic nitrogens is 8. The van der Waals surface area contributed by atoms with Crippen LogP contribution in [0.25, 0.3) is 22.1 Å². The summed E-state index contributed by atoms with van der Waals surface area (Å²) < 4.78 is 37.3. The summed E-state index contributed by atoms with van der Waals surface area (Å²) in [6.45, 7) is 8.20. The van der Waals surface area contributed by atoms with Crippen LogP contribution in [0.15, 0.2) is 59.5 Å². The predicted octanol–water partition coefficient (Wildman–Crippen LogP) is 1.83. The molecular formula is C47H57N15O11S2. The van der Waals surface area contributed by atoms with E-state index in [2.05, 4.69) is 25.8 Å². The molecule has 0 saturated carbocycles. The molecule has 7 rings (SSSR count). The topological polar surface area (TPSA) is 363 Å². The molecule has 1 aliphatic rings. The van der Waals surface area contributed by atoms with Gasteiger partial charge in [0.25, 0.3) is 11.8 Å². The van der Waals surface area contributed by atoms with Crippen LogP contribution in [0.4, 0.5) is 11.9 Å². The Morgan fingerprint density at radius 3 is 2.09 bits per heavy atom. The SMILES string of the molecule is CCn1nc(C)cc1C(=O)Nc1nc2cc(S(N)(=O)=O)ccc2n1C/C=C/Cn1c(NC(=O)c2cc(C)nn2CC)nc2cc(C(N)=O)cc(OCCCN(C)C(=O)CCN3C(=O)CC(SCC(N)C(=O)O)C3=O)c21. The van der Waals surface area contributed by atoms with Crippen molar-refractivity contribution in [1.29, 1.82) is 0 Å². The lowest BCUT2D eigenvalue weighted by atomic mass is 10.1. The fraction of sp³-hybridized carbons (Fsp3) is 0.383. The highest BCUT2D eigenvalue weighted by Gasteiger charge is 2.39. The van der Waals surface area contributed by atoms with Gasteiger partial charge in [-0.15, -0.1) is 11.8 Å². The van der Waals surface area contributed by atoms with E-state index < -0.39 is 56.8 Å². The minimum Gasteiger partial charge on any atom is -0.491 e. The maximum Gasteiger partial charge on any atom is 0.321 e. The van der Waals surface area contributed by atoms with Gasteiger partial charge in [-0.1, -0.05) is 12.2 Å². The zero-order valence-electron chi connectivity index (χ0n) is 41.7. The monoisotopic (exact) mass is 1070 g/mol. The molecule has 0 bridgehead atoms. The molecule has 5 heterocycles. The Kier molecular flexibility index (Phi) is 16.9. The van der Waals surface area contributed by atoms with Crippen LogP contribution < -0.4 is 32.0 Å². The number of anilines is 2. The van der Waals surface area contributed by atoms with Gasteiger partial charge in [0.05, 0.1) is 44.7 Å². The number of imide groups is 1. The molecule has 1 fully saturated rings. The highest BCUT2D eigenvalue weighted by molar-refractivity contribution is 8.00. The number of nitrogens with zero attached hydrogens (tertiary/aromatic N) is 10. The van der Waals surface area contributed by atoms with Crippen molar-refractivity contribution < 1.29 is 51.8 Å². The highest BCUT2D eigenvalue weighted by atomic mass is 32.2. The summed E-state index contributed by atoms with van der Waals surface area (Å²) in [5, 5.41) is 28.2. The molecule has 398 valence electrons. The Balaban J connectivity index is 1.13. The number of rotatable bonds is 24. The molecule has 2 unspecified atom stereocenters. The molecule has 4 aromatic heterocycles. The van der Waals surface area contributed by atoms with Crippen LogP contribution in [0.2, 0.25) is 0 Å².